The van der Waals surface area contributed by atoms with E-state index in [1.54, 1.807) is 12.4 Å². The van der Waals surface area contributed by atoms with Crippen molar-refractivity contribution in [3.8, 4) is 0 Å². The molecule has 1 heterocycles. The van der Waals surface area contributed by atoms with Crippen LogP contribution in [0.4, 0.5) is 5.95 Å². The van der Waals surface area contributed by atoms with Crippen molar-refractivity contribution < 1.29 is 4.79 Å². The summed E-state index contributed by atoms with van der Waals surface area (Å²) in [5, 5.41) is 3.03. The number of benzene rings is 1. The molecule has 1 aliphatic rings. The summed E-state index contributed by atoms with van der Waals surface area (Å²) >= 11 is 0. The van der Waals surface area contributed by atoms with E-state index in [0.29, 0.717) is 11.5 Å². The molecule has 1 aromatic carbocycles. The summed E-state index contributed by atoms with van der Waals surface area (Å²) in [6, 6.07) is 8.53. The number of nitrogens with zero attached hydrogens (tertiary/aromatic N) is 3. The minimum absolute atomic E-state index is 0.0326. The third-order valence-electron chi connectivity index (χ3n) is 4.36. The lowest BCUT2D eigenvalue weighted by molar-refractivity contribution is 0.0714. The van der Waals surface area contributed by atoms with Gasteiger partial charge in [0.15, 0.2) is 0 Å². The Balaban J connectivity index is 1.80. The van der Waals surface area contributed by atoms with Crippen LogP contribution >= 0.6 is 0 Å². The minimum atomic E-state index is -0.0326. The van der Waals surface area contributed by atoms with Crippen LogP contribution in [-0.4, -0.2) is 34.4 Å². The van der Waals surface area contributed by atoms with Crippen molar-refractivity contribution in [1.82, 2.24) is 14.9 Å². The maximum atomic E-state index is 12.7. The van der Waals surface area contributed by atoms with Crippen molar-refractivity contribution in [2.75, 3.05) is 18.9 Å². The van der Waals surface area contributed by atoms with Crippen molar-refractivity contribution in [2.24, 2.45) is 0 Å². The van der Waals surface area contributed by atoms with E-state index in [1.807, 2.05) is 24.9 Å². The largest absolute Gasteiger partial charge is 0.355 e. The average molecular weight is 310 g/mol. The molecule has 3 rings (SSSR count). The van der Waals surface area contributed by atoms with E-state index in [-0.39, 0.29) is 11.9 Å². The lowest BCUT2D eigenvalue weighted by Crippen LogP contribution is -2.33. The lowest BCUT2D eigenvalue weighted by atomic mass is 9.87. The van der Waals surface area contributed by atoms with E-state index < -0.39 is 0 Å². The Morgan fingerprint density at radius 1 is 1.30 bits per heavy atom. The molecule has 0 unspecified atom stereocenters. The molecule has 2 aromatic rings. The van der Waals surface area contributed by atoms with Gasteiger partial charge in [-0.3, -0.25) is 4.79 Å². The van der Waals surface area contributed by atoms with Crippen molar-refractivity contribution in [3.63, 3.8) is 0 Å². The third kappa shape index (κ3) is 3.18. The van der Waals surface area contributed by atoms with Crippen LogP contribution in [0, 0.1) is 0 Å². The summed E-state index contributed by atoms with van der Waals surface area (Å²) in [4.78, 5) is 23.0. The topological polar surface area (TPSA) is 58.1 Å². The summed E-state index contributed by atoms with van der Waals surface area (Å²) in [7, 11) is 1.87. The molecule has 1 aliphatic carbocycles. The number of aryl methyl sites for hydroxylation is 1. The number of carbonyl (C=O) groups excluding carboxylic acids is 1. The fourth-order valence-electron chi connectivity index (χ4n) is 3.16. The summed E-state index contributed by atoms with van der Waals surface area (Å²) in [5.41, 5.74) is 3.14. The number of anilines is 1. The molecule has 0 saturated heterocycles. The standard InChI is InChI=1S/C18H22N4O/c1-3-19-18-20-11-14(12-21-18)17(23)22(2)16-10-6-8-13-7-4-5-9-15(13)16/h4-5,7,9,11-12,16H,3,6,8,10H2,1-2H3,(H,19,20,21)/t16-/m1/s1. The third-order valence-corrected chi connectivity index (χ3v) is 4.36. The van der Waals surface area contributed by atoms with Crippen LogP contribution in [0.25, 0.3) is 0 Å². The second kappa shape index (κ2) is 6.77. The van der Waals surface area contributed by atoms with Gasteiger partial charge in [0.1, 0.15) is 0 Å². The maximum Gasteiger partial charge on any atom is 0.257 e. The Bertz CT molecular complexity index is 684. The number of carbonyl (C=O) groups is 1. The highest BCUT2D eigenvalue weighted by atomic mass is 16.2. The number of hydrogen-bond acceptors (Lipinski definition) is 4. The number of rotatable bonds is 4. The fraction of sp³-hybridized carbons (Fsp3) is 0.389. The lowest BCUT2D eigenvalue weighted by Gasteiger charge is -2.33. The van der Waals surface area contributed by atoms with Gasteiger partial charge in [0.25, 0.3) is 5.91 Å². The molecule has 5 nitrogen and oxygen atoms in total. The molecule has 1 N–H and O–H groups in total. The normalized spacial score (nSPS) is 16.5. The van der Waals surface area contributed by atoms with Gasteiger partial charge in [-0.25, -0.2) is 9.97 Å². The van der Waals surface area contributed by atoms with Crippen LogP contribution < -0.4 is 5.32 Å². The highest BCUT2D eigenvalue weighted by molar-refractivity contribution is 5.93. The summed E-state index contributed by atoms with van der Waals surface area (Å²) < 4.78 is 0. The quantitative estimate of drug-likeness (QED) is 0.943. The van der Waals surface area contributed by atoms with Crippen LogP contribution in [0.2, 0.25) is 0 Å². The predicted molar refractivity (Wildman–Crippen MR) is 90.4 cm³/mol. The van der Waals surface area contributed by atoms with E-state index in [9.17, 15) is 4.79 Å². The molecule has 0 aliphatic heterocycles. The SMILES string of the molecule is CCNc1ncc(C(=O)N(C)[C@@H]2CCCc3ccccc32)cn1. The highest BCUT2D eigenvalue weighted by Crippen LogP contribution is 2.34. The molecular formula is C18H22N4O. The monoisotopic (exact) mass is 310 g/mol. The molecular weight excluding hydrogens is 288 g/mol. The number of aromatic nitrogens is 2. The second-order valence-corrected chi connectivity index (χ2v) is 5.85. The summed E-state index contributed by atoms with van der Waals surface area (Å²) in [6.45, 7) is 2.74. The zero-order valence-corrected chi connectivity index (χ0v) is 13.6. The zero-order valence-electron chi connectivity index (χ0n) is 13.6. The molecule has 0 fully saturated rings. The smallest absolute Gasteiger partial charge is 0.257 e. The van der Waals surface area contributed by atoms with Crippen molar-refractivity contribution in [1.29, 1.82) is 0 Å². The molecule has 0 radical (unpaired) electrons. The van der Waals surface area contributed by atoms with Crippen molar-refractivity contribution in [2.45, 2.75) is 32.2 Å². The summed E-state index contributed by atoms with van der Waals surface area (Å²) in [6.07, 6.45) is 6.39. The fourth-order valence-corrected chi connectivity index (χ4v) is 3.16. The van der Waals surface area contributed by atoms with Gasteiger partial charge in [0.2, 0.25) is 5.95 Å². The van der Waals surface area contributed by atoms with E-state index >= 15 is 0 Å². The Morgan fingerprint density at radius 2 is 2.04 bits per heavy atom. The molecule has 1 atom stereocenters. The second-order valence-electron chi connectivity index (χ2n) is 5.85. The molecule has 0 saturated carbocycles. The molecule has 5 heteroatoms. The zero-order chi connectivity index (χ0) is 16.2. The van der Waals surface area contributed by atoms with Crippen LogP contribution in [0.3, 0.4) is 0 Å². The Kier molecular flexibility index (Phi) is 4.55. The first-order valence-corrected chi connectivity index (χ1v) is 8.11. The van der Waals surface area contributed by atoms with E-state index in [0.717, 1.165) is 25.8 Å². The van der Waals surface area contributed by atoms with Crippen LogP contribution in [0.15, 0.2) is 36.7 Å². The van der Waals surface area contributed by atoms with Crippen molar-refractivity contribution >= 4 is 11.9 Å². The first-order chi connectivity index (χ1) is 11.2. The van der Waals surface area contributed by atoms with Gasteiger partial charge in [0.05, 0.1) is 11.6 Å². The minimum Gasteiger partial charge on any atom is -0.355 e. The summed E-state index contributed by atoms with van der Waals surface area (Å²) in [5.74, 6) is 0.518. The van der Waals surface area contributed by atoms with Gasteiger partial charge in [-0.15, -0.1) is 0 Å². The molecule has 1 amide bonds. The molecule has 0 spiro atoms. The van der Waals surface area contributed by atoms with E-state index in [4.69, 9.17) is 0 Å². The Hall–Kier alpha value is -2.43. The molecule has 0 bridgehead atoms. The Labute approximate surface area is 136 Å². The van der Waals surface area contributed by atoms with Gasteiger partial charge >= 0.3 is 0 Å². The van der Waals surface area contributed by atoms with Gasteiger partial charge in [0, 0.05) is 26.0 Å². The Morgan fingerprint density at radius 3 is 2.78 bits per heavy atom. The molecule has 120 valence electrons. The van der Waals surface area contributed by atoms with E-state index in [2.05, 4.69) is 33.5 Å². The number of hydrogen-bond donors (Lipinski definition) is 1. The maximum absolute atomic E-state index is 12.7. The number of amides is 1. The van der Waals surface area contributed by atoms with Gasteiger partial charge in [-0.1, -0.05) is 24.3 Å². The van der Waals surface area contributed by atoms with Crippen molar-refractivity contribution in [3.05, 3.63) is 53.3 Å². The van der Waals surface area contributed by atoms with Gasteiger partial charge in [-0.2, -0.15) is 0 Å². The number of fused-ring (bicyclic) bond motifs is 1. The first-order valence-electron chi connectivity index (χ1n) is 8.11. The van der Waals surface area contributed by atoms with Crippen LogP contribution in [0.1, 0.15) is 47.3 Å². The van der Waals surface area contributed by atoms with Gasteiger partial charge in [-0.05, 0) is 37.3 Å². The predicted octanol–water partition coefficient (Wildman–Crippen LogP) is 3.06. The van der Waals surface area contributed by atoms with Gasteiger partial charge < -0.3 is 10.2 Å². The highest BCUT2D eigenvalue weighted by Gasteiger charge is 2.27. The first kappa shape index (κ1) is 15.5. The number of nitrogens with one attached hydrogen (secondary N) is 1. The van der Waals surface area contributed by atoms with Crippen LogP contribution in [-0.2, 0) is 6.42 Å². The molecule has 1 aromatic heterocycles. The van der Waals surface area contributed by atoms with Crippen LogP contribution in [0.5, 0.6) is 0 Å². The van der Waals surface area contributed by atoms with E-state index in [1.165, 1.54) is 11.1 Å². The molecule has 23 heavy (non-hydrogen) atoms. The average Bonchev–Trinajstić information content (AvgIpc) is 2.61.